The van der Waals surface area contributed by atoms with E-state index in [0.29, 0.717) is 11.4 Å². The molecule has 6 heteroatoms. The number of thiophene rings is 1. The quantitative estimate of drug-likeness (QED) is 0.762. The summed E-state index contributed by atoms with van der Waals surface area (Å²) in [5.74, 6) is -1.19. The third-order valence-corrected chi connectivity index (χ3v) is 3.62. The lowest BCUT2D eigenvalue weighted by molar-refractivity contribution is -0.137. The molecule has 0 spiro atoms. The standard InChI is InChI=1S/C14H14N2O3S/c17-13(18)7-11(14(19)12-4-2-6-20-12)16-9-10-3-1-5-15-8-10/h1-6,8,11,16H,7,9H2,(H,17,18). The third-order valence-electron chi connectivity index (χ3n) is 2.73. The normalized spacial score (nSPS) is 12.0. The molecule has 0 radical (unpaired) electrons. The highest BCUT2D eigenvalue weighted by atomic mass is 32.1. The summed E-state index contributed by atoms with van der Waals surface area (Å²) in [6.07, 6.45) is 3.10. The molecule has 0 aromatic carbocycles. The van der Waals surface area contributed by atoms with Crippen LogP contribution in [0.4, 0.5) is 0 Å². The number of hydrogen-bond acceptors (Lipinski definition) is 5. The van der Waals surface area contributed by atoms with Crippen LogP contribution in [-0.2, 0) is 11.3 Å². The van der Waals surface area contributed by atoms with E-state index in [-0.39, 0.29) is 12.2 Å². The minimum atomic E-state index is -1.00. The van der Waals surface area contributed by atoms with Crippen LogP contribution in [0.15, 0.2) is 42.0 Å². The summed E-state index contributed by atoms with van der Waals surface area (Å²) in [6, 6.07) is 6.41. The van der Waals surface area contributed by atoms with Gasteiger partial charge in [-0.05, 0) is 23.1 Å². The maximum absolute atomic E-state index is 12.2. The molecule has 2 heterocycles. The molecule has 2 N–H and O–H groups in total. The van der Waals surface area contributed by atoms with E-state index in [9.17, 15) is 9.59 Å². The monoisotopic (exact) mass is 290 g/mol. The van der Waals surface area contributed by atoms with Gasteiger partial charge in [-0.15, -0.1) is 11.3 Å². The van der Waals surface area contributed by atoms with Gasteiger partial charge in [0, 0.05) is 18.9 Å². The SMILES string of the molecule is O=C(O)CC(NCc1cccnc1)C(=O)c1cccs1. The van der Waals surface area contributed by atoms with Crippen LogP contribution >= 0.6 is 11.3 Å². The van der Waals surface area contributed by atoms with Gasteiger partial charge in [0.05, 0.1) is 17.3 Å². The van der Waals surface area contributed by atoms with E-state index in [1.54, 1.807) is 36.0 Å². The molecular formula is C14H14N2O3S. The second kappa shape index (κ2) is 6.93. The zero-order valence-corrected chi connectivity index (χ0v) is 11.5. The number of nitrogens with zero attached hydrogens (tertiary/aromatic N) is 1. The maximum atomic E-state index is 12.2. The van der Waals surface area contributed by atoms with Gasteiger partial charge in [-0.3, -0.25) is 14.6 Å². The summed E-state index contributed by atoms with van der Waals surface area (Å²) in [5.41, 5.74) is 0.905. The van der Waals surface area contributed by atoms with Crippen molar-refractivity contribution >= 4 is 23.1 Å². The first-order valence-corrected chi connectivity index (χ1v) is 6.96. The van der Waals surface area contributed by atoms with Crippen LogP contribution in [0.2, 0.25) is 0 Å². The molecule has 0 aliphatic carbocycles. The van der Waals surface area contributed by atoms with Crippen molar-refractivity contribution < 1.29 is 14.7 Å². The first kappa shape index (κ1) is 14.4. The second-order valence-corrected chi connectivity index (χ2v) is 5.18. The number of carboxylic acids is 1. The lowest BCUT2D eigenvalue weighted by Gasteiger charge is -2.15. The fraction of sp³-hybridized carbons (Fsp3) is 0.214. The van der Waals surface area contributed by atoms with Crippen LogP contribution in [0, 0.1) is 0 Å². The predicted octanol–water partition coefficient (Wildman–Crippen LogP) is 1.96. The number of aliphatic carboxylic acids is 1. The Morgan fingerprint density at radius 1 is 1.35 bits per heavy atom. The van der Waals surface area contributed by atoms with Crippen molar-refractivity contribution in [2.75, 3.05) is 0 Å². The number of hydrogen-bond donors (Lipinski definition) is 2. The number of aromatic nitrogens is 1. The van der Waals surface area contributed by atoms with E-state index in [0.717, 1.165) is 5.56 Å². The Kier molecular flexibility index (Phi) is 4.97. The highest BCUT2D eigenvalue weighted by molar-refractivity contribution is 7.12. The number of carbonyl (C=O) groups excluding carboxylic acids is 1. The zero-order valence-electron chi connectivity index (χ0n) is 10.7. The first-order chi connectivity index (χ1) is 9.66. The van der Waals surface area contributed by atoms with Gasteiger partial charge in [-0.1, -0.05) is 12.1 Å². The van der Waals surface area contributed by atoms with Crippen molar-refractivity contribution in [2.45, 2.75) is 19.0 Å². The van der Waals surface area contributed by atoms with E-state index < -0.39 is 12.0 Å². The van der Waals surface area contributed by atoms with Gasteiger partial charge >= 0.3 is 5.97 Å². The average molecular weight is 290 g/mol. The van der Waals surface area contributed by atoms with Crippen LogP contribution in [-0.4, -0.2) is 27.9 Å². The van der Waals surface area contributed by atoms with Gasteiger partial charge in [-0.25, -0.2) is 0 Å². The van der Waals surface area contributed by atoms with Crippen molar-refractivity contribution in [3.05, 3.63) is 52.5 Å². The molecule has 2 aromatic heterocycles. The molecule has 1 unspecified atom stereocenters. The van der Waals surface area contributed by atoms with Crippen molar-refractivity contribution in [3.8, 4) is 0 Å². The molecule has 104 valence electrons. The Hall–Kier alpha value is -2.05. The summed E-state index contributed by atoms with van der Waals surface area (Å²) in [4.78, 5) is 27.7. The first-order valence-electron chi connectivity index (χ1n) is 6.08. The third kappa shape index (κ3) is 3.97. The molecule has 0 fully saturated rings. The lowest BCUT2D eigenvalue weighted by Crippen LogP contribution is -2.38. The average Bonchev–Trinajstić information content (AvgIpc) is 2.97. The smallest absolute Gasteiger partial charge is 0.305 e. The van der Waals surface area contributed by atoms with Crippen LogP contribution in [0.1, 0.15) is 21.7 Å². The highest BCUT2D eigenvalue weighted by Gasteiger charge is 2.23. The molecule has 0 bridgehead atoms. The van der Waals surface area contributed by atoms with Crippen molar-refractivity contribution in [1.29, 1.82) is 0 Å². The Balaban J connectivity index is 2.04. The van der Waals surface area contributed by atoms with E-state index in [1.165, 1.54) is 11.3 Å². The number of Topliss-reactive ketones (excluding diaryl/α,β-unsaturated/α-hetero) is 1. The van der Waals surface area contributed by atoms with Gasteiger partial charge in [0.1, 0.15) is 0 Å². The van der Waals surface area contributed by atoms with Crippen LogP contribution < -0.4 is 5.32 Å². The number of rotatable bonds is 7. The summed E-state index contributed by atoms with van der Waals surface area (Å²) in [5, 5.41) is 13.7. The minimum absolute atomic E-state index is 0.189. The minimum Gasteiger partial charge on any atom is -0.481 e. The maximum Gasteiger partial charge on any atom is 0.305 e. The summed E-state index contributed by atoms with van der Waals surface area (Å²) in [7, 11) is 0. The summed E-state index contributed by atoms with van der Waals surface area (Å²) in [6.45, 7) is 0.406. The van der Waals surface area contributed by atoms with Crippen LogP contribution in [0.5, 0.6) is 0 Å². The molecule has 2 rings (SSSR count). The second-order valence-electron chi connectivity index (χ2n) is 4.23. The molecule has 2 aromatic rings. The molecular weight excluding hydrogens is 276 g/mol. The summed E-state index contributed by atoms with van der Waals surface area (Å²) < 4.78 is 0. The van der Waals surface area contributed by atoms with E-state index in [4.69, 9.17) is 5.11 Å². The van der Waals surface area contributed by atoms with Crippen LogP contribution in [0.25, 0.3) is 0 Å². The van der Waals surface area contributed by atoms with Crippen LogP contribution in [0.3, 0.4) is 0 Å². The van der Waals surface area contributed by atoms with Gasteiger partial charge in [0.25, 0.3) is 0 Å². The number of pyridine rings is 1. The molecule has 0 saturated heterocycles. The van der Waals surface area contributed by atoms with Crippen molar-refractivity contribution in [1.82, 2.24) is 10.3 Å². The Bertz CT molecular complexity index is 569. The zero-order chi connectivity index (χ0) is 14.4. The number of carboxylic acid groups (broad SMARTS) is 1. The van der Waals surface area contributed by atoms with E-state index >= 15 is 0 Å². The van der Waals surface area contributed by atoms with Gasteiger partial charge in [-0.2, -0.15) is 0 Å². The van der Waals surface area contributed by atoms with E-state index in [1.807, 2.05) is 6.07 Å². The Labute approximate surface area is 120 Å². The number of nitrogens with one attached hydrogen (secondary N) is 1. The molecule has 5 nitrogen and oxygen atoms in total. The topological polar surface area (TPSA) is 79.3 Å². The molecule has 0 aliphatic heterocycles. The molecule has 0 amide bonds. The molecule has 1 atom stereocenters. The molecule has 0 saturated carbocycles. The molecule has 0 aliphatic rings. The summed E-state index contributed by atoms with van der Waals surface area (Å²) >= 11 is 1.31. The van der Waals surface area contributed by atoms with Gasteiger partial charge in [0.2, 0.25) is 0 Å². The van der Waals surface area contributed by atoms with Gasteiger partial charge in [0.15, 0.2) is 5.78 Å². The predicted molar refractivity (Wildman–Crippen MR) is 75.8 cm³/mol. The Morgan fingerprint density at radius 3 is 2.80 bits per heavy atom. The van der Waals surface area contributed by atoms with E-state index in [2.05, 4.69) is 10.3 Å². The fourth-order valence-electron chi connectivity index (χ4n) is 1.77. The molecule has 20 heavy (non-hydrogen) atoms. The number of ketones is 1. The lowest BCUT2D eigenvalue weighted by atomic mass is 10.1. The fourth-order valence-corrected chi connectivity index (χ4v) is 2.49. The van der Waals surface area contributed by atoms with Crippen molar-refractivity contribution in [3.63, 3.8) is 0 Å². The largest absolute Gasteiger partial charge is 0.481 e. The number of carbonyl (C=O) groups is 2. The van der Waals surface area contributed by atoms with Crippen molar-refractivity contribution in [2.24, 2.45) is 0 Å². The highest BCUT2D eigenvalue weighted by Crippen LogP contribution is 2.13. The van der Waals surface area contributed by atoms with Gasteiger partial charge < -0.3 is 10.4 Å². The Morgan fingerprint density at radius 2 is 2.20 bits per heavy atom.